The van der Waals surface area contributed by atoms with Crippen LogP contribution in [-0.2, 0) is 0 Å². The zero-order valence-corrected chi connectivity index (χ0v) is 12.3. The molecule has 2 aromatic heterocycles. The molecule has 1 aromatic carbocycles. The van der Waals surface area contributed by atoms with Crippen molar-refractivity contribution in [1.29, 1.82) is 5.26 Å². The predicted molar refractivity (Wildman–Crippen MR) is 81.1 cm³/mol. The number of carbonyl (C=O) groups is 1. The number of hydrogen-bond donors (Lipinski definition) is 1. The molecule has 25 heavy (non-hydrogen) atoms. The molecule has 2 heterocycles. The van der Waals surface area contributed by atoms with Crippen LogP contribution in [0.5, 0.6) is 0 Å². The fourth-order valence-electron chi connectivity index (χ4n) is 1.86. The van der Waals surface area contributed by atoms with Crippen LogP contribution in [0, 0.1) is 21.4 Å². The van der Waals surface area contributed by atoms with E-state index in [9.17, 15) is 14.9 Å². The standard InChI is InChI=1S/C14H7N7O4/c15-6-8-5-9(21(23)24)1-2-10(8)18-13(22)14-19-12(20-25-14)11-7-16-3-4-17-11/h1-5,7H,(H,18,22). The van der Waals surface area contributed by atoms with Gasteiger partial charge in [-0.3, -0.25) is 19.9 Å². The van der Waals surface area contributed by atoms with E-state index < -0.39 is 10.8 Å². The van der Waals surface area contributed by atoms with Gasteiger partial charge in [-0.1, -0.05) is 5.16 Å². The largest absolute Gasteiger partial charge is 0.328 e. The minimum atomic E-state index is -0.770. The first-order valence-corrected chi connectivity index (χ1v) is 6.68. The summed E-state index contributed by atoms with van der Waals surface area (Å²) in [6.45, 7) is 0. The molecule has 0 bridgehead atoms. The van der Waals surface area contributed by atoms with Crippen LogP contribution in [0.15, 0.2) is 41.3 Å². The van der Waals surface area contributed by atoms with Gasteiger partial charge >= 0.3 is 11.8 Å². The molecule has 0 saturated carbocycles. The van der Waals surface area contributed by atoms with Gasteiger partial charge in [-0.2, -0.15) is 10.2 Å². The summed E-state index contributed by atoms with van der Waals surface area (Å²) in [7, 11) is 0. The molecule has 3 rings (SSSR count). The Morgan fingerprint density at radius 2 is 2.20 bits per heavy atom. The maximum Gasteiger partial charge on any atom is 0.316 e. The lowest BCUT2D eigenvalue weighted by Gasteiger charge is -2.04. The number of nitrogens with zero attached hydrogens (tertiary/aromatic N) is 6. The minimum Gasteiger partial charge on any atom is -0.328 e. The molecular weight excluding hydrogens is 330 g/mol. The Hall–Kier alpha value is -4.20. The van der Waals surface area contributed by atoms with E-state index in [4.69, 9.17) is 9.78 Å². The van der Waals surface area contributed by atoms with E-state index in [1.54, 1.807) is 6.07 Å². The van der Waals surface area contributed by atoms with Crippen molar-refractivity contribution in [2.24, 2.45) is 0 Å². The molecule has 1 N–H and O–H groups in total. The van der Waals surface area contributed by atoms with E-state index in [-0.39, 0.29) is 28.7 Å². The van der Waals surface area contributed by atoms with Gasteiger partial charge in [0.15, 0.2) is 0 Å². The highest BCUT2D eigenvalue weighted by molar-refractivity contribution is 6.01. The Balaban J connectivity index is 1.83. The average molecular weight is 337 g/mol. The summed E-state index contributed by atoms with van der Waals surface area (Å²) in [5, 5.41) is 25.8. The summed E-state index contributed by atoms with van der Waals surface area (Å²) in [6.07, 6.45) is 4.30. The van der Waals surface area contributed by atoms with Gasteiger partial charge in [0.2, 0.25) is 5.82 Å². The molecule has 3 aromatic rings. The van der Waals surface area contributed by atoms with Crippen LogP contribution in [0.3, 0.4) is 0 Å². The summed E-state index contributed by atoms with van der Waals surface area (Å²) >= 11 is 0. The zero-order chi connectivity index (χ0) is 17.8. The van der Waals surface area contributed by atoms with Crippen molar-refractivity contribution in [2.45, 2.75) is 0 Å². The first-order valence-electron chi connectivity index (χ1n) is 6.68. The van der Waals surface area contributed by atoms with Gasteiger partial charge in [0.1, 0.15) is 11.8 Å². The molecule has 0 spiro atoms. The third kappa shape index (κ3) is 3.27. The molecule has 122 valence electrons. The molecule has 0 atom stereocenters. The van der Waals surface area contributed by atoms with Crippen LogP contribution < -0.4 is 5.32 Å². The number of hydrogen-bond acceptors (Lipinski definition) is 9. The summed E-state index contributed by atoms with van der Waals surface area (Å²) < 4.78 is 4.86. The van der Waals surface area contributed by atoms with Crippen molar-refractivity contribution in [3.8, 4) is 17.6 Å². The number of carbonyl (C=O) groups excluding carboxylic acids is 1. The molecule has 11 heteroatoms. The predicted octanol–water partition coefficient (Wildman–Crippen LogP) is 1.56. The number of nitriles is 1. The minimum absolute atomic E-state index is 0.0717. The Bertz CT molecular complexity index is 994. The van der Waals surface area contributed by atoms with Crippen molar-refractivity contribution in [2.75, 3.05) is 5.32 Å². The monoisotopic (exact) mass is 337 g/mol. The number of non-ortho nitro benzene ring substituents is 1. The Morgan fingerprint density at radius 1 is 1.36 bits per heavy atom. The number of aromatic nitrogens is 4. The lowest BCUT2D eigenvalue weighted by Crippen LogP contribution is -2.13. The fraction of sp³-hybridized carbons (Fsp3) is 0. The van der Waals surface area contributed by atoms with Gasteiger partial charge in [-0.25, -0.2) is 4.98 Å². The first-order chi connectivity index (χ1) is 12.1. The lowest BCUT2D eigenvalue weighted by molar-refractivity contribution is -0.384. The fourth-order valence-corrected chi connectivity index (χ4v) is 1.86. The Kier molecular flexibility index (Phi) is 4.08. The van der Waals surface area contributed by atoms with Crippen LogP contribution >= 0.6 is 0 Å². The average Bonchev–Trinajstić information content (AvgIpc) is 3.13. The van der Waals surface area contributed by atoms with Crippen LogP contribution in [0.2, 0.25) is 0 Å². The summed E-state index contributed by atoms with van der Waals surface area (Å²) in [6, 6.07) is 5.23. The molecule has 0 unspecified atom stereocenters. The van der Waals surface area contributed by atoms with Gasteiger partial charge in [-0.05, 0) is 6.07 Å². The smallest absolute Gasteiger partial charge is 0.316 e. The van der Waals surface area contributed by atoms with E-state index in [1.807, 2.05) is 0 Å². The maximum absolute atomic E-state index is 12.2. The number of anilines is 1. The van der Waals surface area contributed by atoms with Crippen LogP contribution in [0.1, 0.15) is 16.2 Å². The summed E-state index contributed by atoms with van der Waals surface area (Å²) in [4.78, 5) is 34.0. The highest BCUT2D eigenvalue weighted by Gasteiger charge is 2.19. The van der Waals surface area contributed by atoms with Crippen molar-refractivity contribution in [3.63, 3.8) is 0 Å². The van der Waals surface area contributed by atoms with Crippen molar-refractivity contribution in [3.05, 3.63) is 58.4 Å². The van der Waals surface area contributed by atoms with E-state index in [0.717, 1.165) is 12.1 Å². The number of nitrogens with one attached hydrogen (secondary N) is 1. The van der Waals surface area contributed by atoms with Crippen LogP contribution in [-0.4, -0.2) is 30.9 Å². The third-order valence-corrected chi connectivity index (χ3v) is 3.00. The van der Waals surface area contributed by atoms with Crippen molar-refractivity contribution >= 4 is 17.3 Å². The second kappa shape index (κ2) is 6.50. The van der Waals surface area contributed by atoms with Gasteiger partial charge in [0.25, 0.3) is 5.69 Å². The maximum atomic E-state index is 12.2. The van der Waals surface area contributed by atoms with Gasteiger partial charge in [0, 0.05) is 24.5 Å². The molecule has 0 fully saturated rings. The third-order valence-electron chi connectivity index (χ3n) is 3.00. The topological polar surface area (TPSA) is 161 Å². The van der Waals surface area contributed by atoms with E-state index in [1.165, 1.54) is 24.7 Å². The van der Waals surface area contributed by atoms with Gasteiger partial charge < -0.3 is 9.84 Å². The lowest BCUT2D eigenvalue weighted by atomic mass is 10.1. The highest BCUT2D eigenvalue weighted by Crippen LogP contribution is 2.22. The van der Waals surface area contributed by atoms with Gasteiger partial charge in [-0.15, -0.1) is 0 Å². The van der Waals surface area contributed by atoms with Crippen LogP contribution in [0.25, 0.3) is 11.5 Å². The van der Waals surface area contributed by atoms with E-state index >= 15 is 0 Å². The zero-order valence-electron chi connectivity index (χ0n) is 12.3. The second-order valence-corrected chi connectivity index (χ2v) is 4.57. The normalized spacial score (nSPS) is 10.0. The summed E-state index contributed by atoms with van der Waals surface area (Å²) in [5.41, 5.74) is 0.0594. The first kappa shape index (κ1) is 15.7. The number of rotatable bonds is 4. The summed E-state index contributed by atoms with van der Waals surface area (Å²) in [5.74, 6) is -1.06. The number of nitro groups is 1. The van der Waals surface area contributed by atoms with E-state index in [0.29, 0.717) is 5.69 Å². The second-order valence-electron chi connectivity index (χ2n) is 4.57. The molecule has 0 aliphatic carbocycles. The molecule has 0 aliphatic rings. The van der Waals surface area contributed by atoms with Gasteiger partial charge in [0.05, 0.1) is 22.4 Å². The molecule has 1 amide bonds. The van der Waals surface area contributed by atoms with E-state index in [2.05, 4.69) is 25.4 Å². The number of nitro benzene ring substituents is 1. The Morgan fingerprint density at radius 3 is 2.88 bits per heavy atom. The van der Waals surface area contributed by atoms with Crippen LogP contribution in [0.4, 0.5) is 11.4 Å². The molecule has 0 aliphatic heterocycles. The molecular formula is C14H7N7O4. The van der Waals surface area contributed by atoms with Crippen molar-refractivity contribution in [1.82, 2.24) is 20.1 Å². The Labute approximate surface area is 139 Å². The molecule has 0 radical (unpaired) electrons. The number of benzene rings is 1. The molecule has 0 saturated heterocycles. The SMILES string of the molecule is N#Cc1cc([N+](=O)[O-])ccc1NC(=O)c1nc(-c2cnccn2)no1. The van der Waals surface area contributed by atoms with Crippen molar-refractivity contribution < 1.29 is 14.2 Å². The molecule has 11 nitrogen and oxygen atoms in total. The quantitative estimate of drug-likeness (QED) is 0.550. The highest BCUT2D eigenvalue weighted by atomic mass is 16.6. The number of amides is 1.